The number of nitrogens with zero attached hydrogens (tertiary/aromatic N) is 4. The fraction of sp³-hybridized carbons (Fsp3) is 0.480. The predicted molar refractivity (Wildman–Crippen MR) is 127 cm³/mol. The molecule has 2 aromatic rings. The first-order valence-corrected chi connectivity index (χ1v) is 11.7. The zero-order valence-corrected chi connectivity index (χ0v) is 18.7. The van der Waals surface area contributed by atoms with E-state index in [1.807, 2.05) is 6.07 Å². The summed E-state index contributed by atoms with van der Waals surface area (Å²) in [6.07, 6.45) is 7.98. The van der Waals surface area contributed by atoms with E-state index in [9.17, 15) is 9.59 Å². The quantitative estimate of drug-likeness (QED) is 0.646. The largest absolute Gasteiger partial charge is 0.354 e. The third kappa shape index (κ3) is 6.29. The average Bonchev–Trinajstić information content (AvgIpc) is 2.82. The van der Waals surface area contributed by atoms with E-state index in [4.69, 9.17) is 0 Å². The molecule has 32 heavy (non-hydrogen) atoms. The number of amides is 1. The Bertz CT molecular complexity index is 977. The fourth-order valence-electron chi connectivity index (χ4n) is 4.38. The highest BCUT2D eigenvalue weighted by Crippen LogP contribution is 2.19. The molecule has 2 aliphatic rings. The molecule has 7 heteroatoms. The van der Waals surface area contributed by atoms with Gasteiger partial charge in [0, 0.05) is 45.3 Å². The number of anilines is 1. The number of rotatable bonds is 8. The average molecular weight is 436 g/mol. The molecule has 2 heterocycles. The number of piperazine rings is 1. The highest BCUT2D eigenvalue weighted by Gasteiger charge is 2.19. The van der Waals surface area contributed by atoms with Gasteiger partial charge in [0.05, 0.1) is 0 Å². The Kier molecular flexibility index (Phi) is 7.72. The number of hydrogen-bond acceptors (Lipinski definition) is 5. The Morgan fingerprint density at radius 2 is 1.81 bits per heavy atom. The van der Waals surface area contributed by atoms with E-state index in [0.29, 0.717) is 6.54 Å². The van der Waals surface area contributed by atoms with Crippen LogP contribution in [0.5, 0.6) is 0 Å². The van der Waals surface area contributed by atoms with E-state index in [2.05, 4.69) is 50.6 Å². The number of allylic oxidation sites excluding steroid dienone is 1. The van der Waals surface area contributed by atoms with Crippen LogP contribution in [-0.4, -0.2) is 53.3 Å². The molecule has 1 amide bonds. The molecule has 0 bridgehead atoms. The first kappa shape index (κ1) is 22.3. The van der Waals surface area contributed by atoms with Crippen LogP contribution in [0.4, 0.5) is 5.82 Å². The molecule has 1 aliphatic carbocycles. The van der Waals surface area contributed by atoms with Crippen LogP contribution in [-0.2, 0) is 17.9 Å². The fourth-order valence-corrected chi connectivity index (χ4v) is 4.38. The molecule has 1 aromatic heterocycles. The zero-order valence-electron chi connectivity index (χ0n) is 18.7. The van der Waals surface area contributed by atoms with Gasteiger partial charge in [0.1, 0.15) is 12.4 Å². The monoisotopic (exact) mass is 435 g/mol. The molecule has 1 N–H and O–H groups in total. The second kappa shape index (κ2) is 11.1. The maximum absolute atomic E-state index is 12.4. The number of carbonyl (C=O) groups is 1. The van der Waals surface area contributed by atoms with Crippen LogP contribution >= 0.6 is 0 Å². The first-order valence-electron chi connectivity index (χ1n) is 11.7. The molecule has 7 nitrogen and oxygen atoms in total. The third-order valence-electron chi connectivity index (χ3n) is 6.24. The summed E-state index contributed by atoms with van der Waals surface area (Å²) in [6, 6.07) is 13.8. The maximum Gasteiger partial charge on any atom is 0.267 e. The minimum absolute atomic E-state index is 0.0420. The number of benzene rings is 1. The molecule has 0 unspecified atom stereocenters. The lowest BCUT2D eigenvalue weighted by atomic mass is 9.97. The number of nitrogens with one attached hydrogen (secondary N) is 1. The molecule has 0 spiro atoms. The summed E-state index contributed by atoms with van der Waals surface area (Å²) < 4.78 is 1.28. The van der Waals surface area contributed by atoms with Crippen molar-refractivity contribution in [2.45, 2.75) is 45.2 Å². The lowest BCUT2D eigenvalue weighted by Gasteiger charge is -2.35. The van der Waals surface area contributed by atoms with Gasteiger partial charge in [-0.3, -0.25) is 14.5 Å². The van der Waals surface area contributed by atoms with Crippen LogP contribution in [0.1, 0.15) is 37.7 Å². The van der Waals surface area contributed by atoms with E-state index in [1.165, 1.54) is 34.7 Å². The topological polar surface area (TPSA) is 70.5 Å². The van der Waals surface area contributed by atoms with Crippen molar-refractivity contribution >= 4 is 11.7 Å². The maximum atomic E-state index is 12.4. The summed E-state index contributed by atoms with van der Waals surface area (Å²) in [7, 11) is 0. The van der Waals surface area contributed by atoms with Crippen LogP contribution < -0.4 is 15.8 Å². The summed E-state index contributed by atoms with van der Waals surface area (Å²) in [5.41, 5.74) is 2.50. The molecular weight excluding hydrogens is 402 g/mol. The first-order chi connectivity index (χ1) is 15.7. The summed E-state index contributed by atoms with van der Waals surface area (Å²) in [4.78, 5) is 29.2. The van der Waals surface area contributed by atoms with Crippen molar-refractivity contribution in [1.29, 1.82) is 0 Å². The van der Waals surface area contributed by atoms with Gasteiger partial charge in [0.25, 0.3) is 5.56 Å². The molecular formula is C25H33N5O2. The molecule has 170 valence electrons. The molecule has 1 saturated heterocycles. The molecule has 0 atom stereocenters. The lowest BCUT2D eigenvalue weighted by Crippen LogP contribution is -2.46. The summed E-state index contributed by atoms with van der Waals surface area (Å²) in [6.45, 7) is 5.08. The van der Waals surface area contributed by atoms with E-state index in [1.54, 1.807) is 6.07 Å². The van der Waals surface area contributed by atoms with E-state index < -0.39 is 0 Å². The van der Waals surface area contributed by atoms with Crippen molar-refractivity contribution in [1.82, 2.24) is 20.0 Å². The van der Waals surface area contributed by atoms with Gasteiger partial charge in [-0.1, -0.05) is 42.0 Å². The normalized spacial score (nSPS) is 17.1. The van der Waals surface area contributed by atoms with Crippen LogP contribution in [0.2, 0.25) is 0 Å². The van der Waals surface area contributed by atoms with Gasteiger partial charge in [-0.25, -0.2) is 4.68 Å². The summed E-state index contributed by atoms with van der Waals surface area (Å²) >= 11 is 0. The Labute approximate surface area is 189 Å². The van der Waals surface area contributed by atoms with Crippen molar-refractivity contribution in [3.8, 4) is 0 Å². The van der Waals surface area contributed by atoms with Crippen molar-refractivity contribution in [3.05, 3.63) is 70.0 Å². The van der Waals surface area contributed by atoms with Crippen molar-refractivity contribution < 1.29 is 4.79 Å². The number of aromatic nitrogens is 2. The third-order valence-corrected chi connectivity index (χ3v) is 6.24. The molecule has 0 radical (unpaired) electrons. The van der Waals surface area contributed by atoms with Gasteiger partial charge in [-0.2, -0.15) is 5.10 Å². The van der Waals surface area contributed by atoms with Gasteiger partial charge >= 0.3 is 0 Å². The van der Waals surface area contributed by atoms with Crippen molar-refractivity contribution in [2.75, 3.05) is 37.6 Å². The Morgan fingerprint density at radius 1 is 1.00 bits per heavy atom. The SMILES string of the molecule is O=C(Cn1nc(N2CCN(Cc3ccccc3)CC2)ccc1=O)NCCC1=CCCCC1. The number of hydrogen-bond donors (Lipinski definition) is 1. The minimum atomic E-state index is -0.249. The molecule has 1 fully saturated rings. The van der Waals surface area contributed by atoms with E-state index in [0.717, 1.165) is 57.8 Å². The number of carbonyl (C=O) groups excluding carboxylic acids is 1. The minimum Gasteiger partial charge on any atom is -0.354 e. The summed E-state index contributed by atoms with van der Waals surface area (Å²) in [5, 5.41) is 7.42. The summed E-state index contributed by atoms with van der Waals surface area (Å²) in [5.74, 6) is 0.588. The van der Waals surface area contributed by atoms with Gasteiger partial charge in [-0.15, -0.1) is 0 Å². The Morgan fingerprint density at radius 3 is 2.56 bits per heavy atom. The second-order valence-electron chi connectivity index (χ2n) is 8.64. The second-order valence-corrected chi connectivity index (χ2v) is 8.64. The zero-order chi connectivity index (χ0) is 22.2. The van der Waals surface area contributed by atoms with Crippen LogP contribution in [0.3, 0.4) is 0 Å². The highest BCUT2D eigenvalue weighted by molar-refractivity contribution is 5.75. The Balaban J connectivity index is 1.27. The van der Waals surface area contributed by atoms with Gasteiger partial charge in [-0.05, 0) is 43.7 Å². The smallest absolute Gasteiger partial charge is 0.267 e. The predicted octanol–water partition coefficient (Wildman–Crippen LogP) is 2.57. The standard InChI is InChI=1S/C25H33N5O2/c31-24(26-14-13-21-7-3-1-4-8-21)20-30-25(32)12-11-23(27-30)29-17-15-28(16-18-29)19-22-9-5-2-6-10-22/h2,5-7,9-12H,1,3-4,8,13-20H2,(H,26,31). The Hall–Kier alpha value is -2.93. The highest BCUT2D eigenvalue weighted by atomic mass is 16.2. The van der Waals surface area contributed by atoms with Crippen molar-refractivity contribution in [2.24, 2.45) is 0 Å². The van der Waals surface area contributed by atoms with Gasteiger partial charge in [0.2, 0.25) is 5.91 Å². The van der Waals surface area contributed by atoms with E-state index in [-0.39, 0.29) is 18.0 Å². The molecule has 1 aliphatic heterocycles. The lowest BCUT2D eigenvalue weighted by molar-refractivity contribution is -0.121. The van der Waals surface area contributed by atoms with Crippen LogP contribution in [0, 0.1) is 0 Å². The molecule has 4 rings (SSSR count). The molecule has 1 aromatic carbocycles. The molecule has 0 saturated carbocycles. The van der Waals surface area contributed by atoms with Crippen LogP contribution in [0.15, 0.2) is 58.9 Å². The van der Waals surface area contributed by atoms with Crippen LogP contribution in [0.25, 0.3) is 0 Å². The van der Waals surface area contributed by atoms with Gasteiger partial charge < -0.3 is 10.2 Å². The van der Waals surface area contributed by atoms with E-state index >= 15 is 0 Å². The van der Waals surface area contributed by atoms with Crippen molar-refractivity contribution in [3.63, 3.8) is 0 Å². The van der Waals surface area contributed by atoms with Gasteiger partial charge in [0.15, 0.2) is 0 Å².